The van der Waals surface area contributed by atoms with E-state index in [0.29, 0.717) is 38.0 Å². The highest BCUT2D eigenvalue weighted by molar-refractivity contribution is 7.99. The molecule has 0 atom stereocenters. The molecule has 0 saturated heterocycles. The maximum Gasteiger partial charge on any atom is 0.266 e. The summed E-state index contributed by atoms with van der Waals surface area (Å²) in [6.07, 6.45) is 0. The molecule has 0 fully saturated rings. The molecule has 1 amide bonds. The number of nitriles is 1. The Morgan fingerprint density at radius 1 is 1.10 bits per heavy atom. The molecule has 8 heteroatoms. The van der Waals surface area contributed by atoms with E-state index in [-0.39, 0.29) is 17.2 Å². The number of amides is 1. The molecule has 152 valence electrons. The van der Waals surface area contributed by atoms with Gasteiger partial charge in [0.1, 0.15) is 0 Å². The summed E-state index contributed by atoms with van der Waals surface area (Å²) in [5.74, 6) is -0.208. The minimum Gasteiger partial charge on any atom is -0.325 e. The van der Waals surface area contributed by atoms with Crippen molar-refractivity contribution in [3.63, 3.8) is 0 Å². The number of nitrogens with one attached hydrogen (secondary N) is 1. The topological polar surface area (TPSA) is 87.8 Å². The Labute approximate surface area is 187 Å². The van der Waals surface area contributed by atoms with Gasteiger partial charge in [0.05, 0.1) is 34.0 Å². The molecule has 0 bridgehead atoms. The lowest BCUT2D eigenvalue weighted by Crippen LogP contribution is -2.23. The molecule has 6 nitrogen and oxygen atoms in total. The summed E-state index contributed by atoms with van der Waals surface area (Å²) >= 11 is 7.29. The van der Waals surface area contributed by atoms with E-state index in [9.17, 15) is 9.59 Å². The van der Waals surface area contributed by atoms with Crippen molar-refractivity contribution in [2.75, 3.05) is 11.1 Å². The van der Waals surface area contributed by atoms with Crippen LogP contribution in [0.25, 0.3) is 16.6 Å². The van der Waals surface area contributed by atoms with Crippen LogP contribution in [-0.2, 0) is 4.79 Å². The lowest BCUT2D eigenvalue weighted by Gasteiger charge is -2.13. The highest BCUT2D eigenvalue weighted by Gasteiger charge is 2.15. The molecule has 4 rings (SSSR count). The van der Waals surface area contributed by atoms with E-state index in [1.54, 1.807) is 66.7 Å². The number of fused-ring (bicyclic) bond motifs is 1. The van der Waals surface area contributed by atoms with Crippen molar-refractivity contribution in [2.24, 2.45) is 0 Å². The van der Waals surface area contributed by atoms with Crippen LogP contribution in [0.4, 0.5) is 5.69 Å². The van der Waals surface area contributed by atoms with E-state index in [0.717, 1.165) is 11.8 Å². The van der Waals surface area contributed by atoms with Crippen LogP contribution in [0, 0.1) is 11.3 Å². The number of rotatable bonds is 5. The number of carbonyl (C=O) groups excluding carboxylic acids is 1. The van der Waals surface area contributed by atoms with Crippen LogP contribution in [0.15, 0.2) is 82.7 Å². The van der Waals surface area contributed by atoms with Gasteiger partial charge in [0.2, 0.25) is 5.91 Å². The quantitative estimate of drug-likeness (QED) is 0.356. The minimum atomic E-state index is -0.255. The number of anilines is 1. The predicted molar refractivity (Wildman–Crippen MR) is 123 cm³/mol. The van der Waals surface area contributed by atoms with Crippen LogP contribution in [0.1, 0.15) is 5.56 Å². The first-order valence-corrected chi connectivity index (χ1v) is 10.6. The molecule has 1 heterocycles. The van der Waals surface area contributed by atoms with E-state index in [1.165, 1.54) is 4.57 Å². The number of carbonyl (C=O) groups is 1. The summed E-state index contributed by atoms with van der Waals surface area (Å²) in [4.78, 5) is 30.3. The predicted octanol–water partition coefficient (Wildman–Crippen LogP) is 4.64. The molecule has 0 aliphatic heterocycles. The summed E-state index contributed by atoms with van der Waals surface area (Å²) < 4.78 is 1.47. The molecule has 3 aromatic carbocycles. The Morgan fingerprint density at radius 3 is 2.61 bits per heavy atom. The Hall–Kier alpha value is -3.60. The standard InChI is InChI=1S/C23H15ClN4O2S/c24-16-4-3-5-18(12-16)28-22(30)19-6-1-2-7-20(19)27-23(28)31-14-21(29)26-17-10-8-15(13-25)9-11-17/h1-12H,14H2,(H,26,29). The van der Waals surface area contributed by atoms with Crippen LogP contribution in [0.2, 0.25) is 5.02 Å². The molecule has 0 spiro atoms. The van der Waals surface area contributed by atoms with Gasteiger partial charge in [-0.2, -0.15) is 5.26 Å². The second-order valence-electron chi connectivity index (χ2n) is 6.56. The van der Waals surface area contributed by atoms with Crippen LogP contribution in [0.5, 0.6) is 0 Å². The van der Waals surface area contributed by atoms with Gasteiger partial charge in [-0.3, -0.25) is 14.2 Å². The van der Waals surface area contributed by atoms with Crippen LogP contribution in [-0.4, -0.2) is 21.2 Å². The number of benzene rings is 3. The average molecular weight is 447 g/mol. The third-order valence-electron chi connectivity index (χ3n) is 4.44. The fraction of sp³-hybridized carbons (Fsp3) is 0.0435. The van der Waals surface area contributed by atoms with Crippen LogP contribution < -0.4 is 10.9 Å². The van der Waals surface area contributed by atoms with E-state index in [4.69, 9.17) is 16.9 Å². The maximum absolute atomic E-state index is 13.2. The van der Waals surface area contributed by atoms with Gasteiger partial charge in [-0.05, 0) is 54.6 Å². The zero-order valence-corrected chi connectivity index (χ0v) is 17.7. The van der Waals surface area contributed by atoms with Crippen molar-refractivity contribution >= 4 is 45.9 Å². The third-order valence-corrected chi connectivity index (χ3v) is 5.62. The van der Waals surface area contributed by atoms with E-state index in [2.05, 4.69) is 10.3 Å². The average Bonchev–Trinajstić information content (AvgIpc) is 2.78. The first kappa shape index (κ1) is 20.7. The molecule has 1 N–H and O–H groups in total. The van der Waals surface area contributed by atoms with Crippen molar-refractivity contribution in [1.82, 2.24) is 9.55 Å². The molecule has 0 unspecified atom stereocenters. The molecule has 0 saturated carbocycles. The molecule has 0 aliphatic carbocycles. The van der Waals surface area contributed by atoms with E-state index < -0.39 is 0 Å². The van der Waals surface area contributed by atoms with Crippen LogP contribution >= 0.6 is 23.4 Å². The fourth-order valence-corrected chi connectivity index (χ4v) is 4.00. The lowest BCUT2D eigenvalue weighted by molar-refractivity contribution is -0.113. The number of hydrogen-bond acceptors (Lipinski definition) is 5. The van der Waals surface area contributed by atoms with Gasteiger partial charge in [0, 0.05) is 10.7 Å². The van der Waals surface area contributed by atoms with Gasteiger partial charge in [0.15, 0.2) is 5.16 Å². The smallest absolute Gasteiger partial charge is 0.266 e. The molecule has 31 heavy (non-hydrogen) atoms. The Balaban J connectivity index is 1.64. The van der Waals surface area contributed by atoms with Crippen molar-refractivity contribution in [1.29, 1.82) is 5.26 Å². The molecular weight excluding hydrogens is 432 g/mol. The highest BCUT2D eigenvalue weighted by atomic mass is 35.5. The fourth-order valence-electron chi connectivity index (χ4n) is 3.01. The first-order valence-electron chi connectivity index (χ1n) is 9.26. The Bertz CT molecular complexity index is 1380. The number of halogens is 1. The summed E-state index contributed by atoms with van der Waals surface area (Å²) in [5, 5.41) is 13.0. The number of thioether (sulfide) groups is 1. The highest BCUT2D eigenvalue weighted by Crippen LogP contribution is 2.23. The molecule has 0 radical (unpaired) electrons. The SMILES string of the molecule is N#Cc1ccc(NC(=O)CSc2nc3ccccc3c(=O)n2-c2cccc(Cl)c2)cc1. The zero-order chi connectivity index (χ0) is 21.8. The van der Waals surface area contributed by atoms with Crippen molar-refractivity contribution in [2.45, 2.75) is 5.16 Å². The van der Waals surface area contributed by atoms with Gasteiger partial charge in [-0.25, -0.2) is 4.98 Å². The number of nitrogens with zero attached hydrogens (tertiary/aromatic N) is 3. The maximum atomic E-state index is 13.2. The Morgan fingerprint density at radius 2 is 1.87 bits per heavy atom. The second-order valence-corrected chi connectivity index (χ2v) is 7.94. The summed E-state index contributed by atoms with van der Waals surface area (Å²) in [6.45, 7) is 0. The second kappa shape index (κ2) is 9.04. The molecule has 0 aliphatic rings. The minimum absolute atomic E-state index is 0.0470. The normalized spacial score (nSPS) is 10.6. The number of hydrogen-bond donors (Lipinski definition) is 1. The van der Waals surface area contributed by atoms with Crippen molar-refractivity contribution < 1.29 is 4.79 Å². The largest absolute Gasteiger partial charge is 0.325 e. The molecule has 1 aromatic heterocycles. The van der Waals surface area contributed by atoms with Gasteiger partial charge in [-0.1, -0.05) is 41.6 Å². The van der Waals surface area contributed by atoms with Crippen molar-refractivity contribution in [3.05, 3.63) is 93.7 Å². The van der Waals surface area contributed by atoms with Crippen molar-refractivity contribution in [3.8, 4) is 11.8 Å². The summed E-state index contributed by atoms with van der Waals surface area (Å²) in [6, 6.07) is 22.6. The Kier molecular flexibility index (Phi) is 6.03. The summed E-state index contributed by atoms with van der Waals surface area (Å²) in [5.41, 5.74) is 2.00. The monoisotopic (exact) mass is 446 g/mol. The van der Waals surface area contributed by atoms with Gasteiger partial charge in [0.25, 0.3) is 5.56 Å². The van der Waals surface area contributed by atoms with Gasteiger partial charge in [-0.15, -0.1) is 0 Å². The molecular formula is C23H15ClN4O2S. The third kappa shape index (κ3) is 4.61. The molecule has 4 aromatic rings. The van der Waals surface area contributed by atoms with Crippen LogP contribution in [0.3, 0.4) is 0 Å². The lowest BCUT2D eigenvalue weighted by atomic mass is 10.2. The first-order chi connectivity index (χ1) is 15.0. The summed E-state index contributed by atoms with van der Waals surface area (Å²) in [7, 11) is 0. The number of aromatic nitrogens is 2. The van der Waals surface area contributed by atoms with E-state index >= 15 is 0 Å². The van der Waals surface area contributed by atoms with Gasteiger partial charge < -0.3 is 5.32 Å². The number of para-hydroxylation sites is 1. The van der Waals surface area contributed by atoms with E-state index in [1.807, 2.05) is 12.1 Å². The zero-order valence-electron chi connectivity index (χ0n) is 16.1. The van der Waals surface area contributed by atoms with Gasteiger partial charge >= 0.3 is 0 Å².